The average Bonchev–Trinajstić information content (AvgIpc) is 2.04. The van der Waals surface area contributed by atoms with Crippen LogP contribution in [0.2, 0.25) is 0 Å². The average molecular weight is 183 g/mol. The highest BCUT2D eigenvalue weighted by atomic mass is 32.2. The SMILES string of the molecule is C[C@H]1S[C@@H]2CC(=O)N2C=C1C=O. The van der Waals surface area contributed by atoms with Gasteiger partial charge in [0.2, 0.25) is 5.91 Å². The van der Waals surface area contributed by atoms with Crippen molar-refractivity contribution in [1.82, 2.24) is 4.90 Å². The van der Waals surface area contributed by atoms with E-state index in [9.17, 15) is 9.59 Å². The van der Waals surface area contributed by atoms with E-state index in [1.807, 2.05) is 6.92 Å². The first kappa shape index (κ1) is 7.86. The second-order valence-electron chi connectivity index (χ2n) is 2.99. The van der Waals surface area contributed by atoms with Crippen LogP contribution in [0.15, 0.2) is 11.8 Å². The van der Waals surface area contributed by atoms with Crippen LogP contribution in [0.25, 0.3) is 0 Å². The van der Waals surface area contributed by atoms with E-state index in [-0.39, 0.29) is 16.5 Å². The highest BCUT2D eigenvalue weighted by Gasteiger charge is 2.40. The standard InChI is InChI=1S/C8H9NO2S/c1-5-6(4-10)3-9-7(11)2-8(9)12-5/h3-5,8H,2H2,1H3/t5-,8-/m1/s1. The molecule has 0 aromatic rings. The number of nitrogens with zero attached hydrogens (tertiary/aromatic N) is 1. The minimum absolute atomic E-state index is 0.124. The number of thioether (sulfide) groups is 1. The van der Waals surface area contributed by atoms with E-state index in [4.69, 9.17) is 0 Å². The predicted octanol–water partition coefficient (Wildman–Crippen LogP) is 0.763. The van der Waals surface area contributed by atoms with Gasteiger partial charge in [-0.25, -0.2) is 0 Å². The van der Waals surface area contributed by atoms with Crippen molar-refractivity contribution >= 4 is 24.0 Å². The fourth-order valence-corrected chi connectivity index (χ4v) is 2.67. The van der Waals surface area contributed by atoms with E-state index < -0.39 is 0 Å². The van der Waals surface area contributed by atoms with Gasteiger partial charge in [-0.2, -0.15) is 0 Å². The van der Waals surface area contributed by atoms with Gasteiger partial charge < -0.3 is 4.90 Å². The van der Waals surface area contributed by atoms with E-state index in [1.165, 1.54) is 0 Å². The molecule has 0 radical (unpaired) electrons. The monoisotopic (exact) mass is 183 g/mol. The Morgan fingerprint density at radius 1 is 1.75 bits per heavy atom. The molecule has 2 aliphatic rings. The van der Waals surface area contributed by atoms with Crippen LogP contribution in [0.5, 0.6) is 0 Å². The smallest absolute Gasteiger partial charge is 0.230 e. The number of fused-ring (bicyclic) bond motifs is 1. The van der Waals surface area contributed by atoms with Crippen LogP contribution in [0.3, 0.4) is 0 Å². The molecule has 0 N–H and O–H groups in total. The quantitative estimate of drug-likeness (QED) is 0.445. The molecule has 2 rings (SSSR count). The van der Waals surface area contributed by atoms with Gasteiger partial charge in [0.25, 0.3) is 0 Å². The molecule has 0 saturated carbocycles. The summed E-state index contributed by atoms with van der Waals surface area (Å²) in [6.45, 7) is 1.99. The summed E-state index contributed by atoms with van der Waals surface area (Å²) >= 11 is 1.68. The molecule has 12 heavy (non-hydrogen) atoms. The third-order valence-corrected chi connectivity index (χ3v) is 3.59. The van der Waals surface area contributed by atoms with Crippen molar-refractivity contribution in [1.29, 1.82) is 0 Å². The molecule has 1 saturated heterocycles. The molecule has 0 bridgehead atoms. The van der Waals surface area contributed by atoms with E-state index in [0.717, 1.165) is 6.29 Å². The Kier molecular flexibility index (Phi) is 1.72. The molecule has 1 amide bonds. The molecule has 4 heteroatoms. The predicted molar refractivity (Wildman–Crippen MR) is 46.5 cm³/mol. The van der Waals surface area contributed by atoms with E-state index in [0.29, 0.717) is 12.0 Å². The van der Waals surface area contributed by atoms with Crippen LogP contribution in [0, 0.1) is 0 Å². The molecule has 2 atom stereocenters. The van der Waals surface area contributed by atoms with Crippen LogP contribution >= 0.6 is 11.8 Å². The highest BCUT2D eigenvalue weighted by Crippen LogP contribution is 2.39. The zero-order valence-corrected chi connectivity index (χ0v) is 7.50. The summed E-state index contributed by atoms with van der Waals surface area (Å²) in [6, 6.07) is 0. The van der Waals surface area contributed by atoms with Crippen LogP contribution in [0.4, 0.5) is 0 Å². The lowest BCUT2D eigenvalue weighted by atomic mass is 10.1. The van der Waals surface area contributed by atoms with Crippen molar-refractivity contribution < 1.29 is 9.59 Å². The zero-order valence-electron chi connectivity index (χ0n) is 6.69. The van der Waals surface area contributed by atoms with Gasteiger partial charge in [0.1, 0.15) is 6.29 Å². The first-order valence-electron chi connectivity index (χ1n) is 3.86. The van der Waals surface area contributed by atoms with Gasteiger partial charge in [0, 0.05) is 17.0 Å². The maximum absolute atomic E-state index is 11.0. The molecular weight excluding hydrogens is 174 g/mol. The fraction of sp³-hybridized carbons (Fsp3) is 0.500. The number of β-lactam (4-membered cyclic amide) rings is 1. The molecule has 3 nitrogen and oxygen atoms in total. The van der Waals surface area contributed by atoms with Gasteiger partial charge in [-0.05, 0) is 6.92 Å². The molecule has 0 aromatic carbocycles. The largest absolute Gasteiger partial charge is 0.306 e. The maximum atomic E-state index is 11.0. The minimum Gasteiger partial charge on any atom is -0.306 e. The van der Waals surface area contributed by atoms with Gasteiger partial charge in [-0.1, -0.05) is 0 Å². The van der Waals surface area contributed by atoms with Gasteiger partial charge in [0.15, 0.2) is 0 Å². The summed E-state index contributed by atoms with van der Waals surface area (Å²) < 4.78 is 0. The number of hydrogen-bond acceptors (Lipinski definition) is 3. The Hall–Kier alpha value is -0.770. The molecule has 1 fully saturated rings. The Balaban J connectivity index is 2.24. The lowest BCUT2D eigenvalue weighted by Gasteiger charge is -2.42. The number of amides is 1. The van der Waals surface area contributed by atoms with Crippen LogP contribution < -0.4 is 0 Å². The van der Waals surface area contributed by atoms with Crippen molar-refractivity contribution in [2.75, 3.05) is 0 Å². The molecule has 0 unspecified atom stereocenters. The van der Waals surface area contributed by atoms with E-state index in [2.05, 4.69) is 0 Å². The normalized spacial score (nSPS) is 33.6. The first-order valence-corrected chi connectivity index (χ1v) is 4.80. The lowest BCUT2D eigenvalue weighted by Crippen LogP contribution is -2.50. The summed E-state index contributed by atoms with van der Waals surface area (Å²) in [6.07, 6.45) is 3.14. The van der Waals surface area contributed by atoms with Gasteiger partial charge in [0.05, 0.1) is 11.8 Å². The fourth-order valence-electron chi connectivity index (χ4n) is 1.38. The minimum atomic E-state index is 0.124. The van der Waals surface area contributed by atoms with Crippen molar-refractivity contribution in [2.24, 2.45) is 0 Å². The van der Waals surface area contributed by atoms with Gasteiger partial charge in [-0.3, -0.25) is 9.59 Å². The molecule has 2 heterocycles. The van der Waals surface area contributed by atoms with Crippen molar-refractivity contribution in [3.63, 3.8) is 0 Å². The molecule has 0 aliphatic carbocycles. The van der Waals surface area contributed by atoms with Gasteiger partial charge in [-0.15, -0.1) is 11.8 Å². The second kappa shape index (κ2) is 2.62. The molecule has 64 valence electrons. The molecule has 0 spiro atoms. The topological polar surface area (TPSA) is 37.4 Å². The highest BCUT2D eigenvalue weighted by molar-refractivity contribution is 8.00. The maximum Gasteiger partial charge on any atom is 0.230 e. The zero-order chi connectivity index (χ0) is 8.72. The van der Waals surface area contributed by atoms with Crippen LogP contribution in [0.1, 0.15) is 13.3 Å². The summed E-state index contributed by atoms with van der Waals surface area (Å²) in [4.78, 5) is 23.2. The lowest BCUT2D eigenvalue weighted by molar-refractivity contribution is -0.137. The van der Waals surface area contributed by atoms with Crippen molar-refractivity contribution in [3.8, 4) is 0 Å². The van der Waals surface area contributed by atoms with Crippen LogP contribution in [-0.2, 0) is 9.59 Å². The number of aldehydes is 1. The number of carbonyl (C=O) groups is 2. The Bertz CT molecular complexity index is 274. The summed E-state index contributed by atoms with van der Waals surface area (Å²) in [5.41, 5.74) is 0.712. The molecule has 2 aliphatic heterocycles. The Morgan fingerprint density at radius 2 is 2.50 bits per heavy atom. The number of carbonyl (C=O) groups excluding carboxylic acids is 2. The van der Waals surface area contributed by atoms with Crippen molar-refractivity contribution in [3.05, 3.63) is 11.8 Å². The van der Waals surface area contributed by atoms with E-state index in [1.54, 1.807) is 22.9 Å². The second-order valence-corrected chi connectivity index (χ2v) is 4.51. The Morgan fingerprint density at radius 3 is 3.08 bits per heavy atom. The first-order chi connectivity index (χ1) is 5.72. The molecule has 0 aromatic heterocycles. The number of rotatable bonds is 1. The third kappa shape index (κ3) is 0.982. The summed E-state index contributed by atoms with van der Waals surface area (Å²) in [5, 5.41) is 0.521. The van der Waals surface area contributed by atoms with Gasteiger partial charge >= 0.3 is 0 Å². The van der Waals surface area contributed by atoms with Crippen molar-refractivity contribution in [2.45, 2.75) is 24.0 Å². The summed E-state index contributed by atoms with van der Waals surface area (Å²) in [7, 11) is 0. The molecular formula is C8H9NO2S. The summed E-state index contributed by atoms with van der Waals surface area (Å²) in [5.74, 6) is 0.124. The third-order valence-electron chi connectivity index (χ3n) is 2.20. The van der Waals surface area contributed by atoms with E-state index >= 15 is 0 Å². The van der Waals surface area contributed by atoms with Crippen LogP contribution in [-0.4, -0.2) is 27.7 Å². The number of hydrogen-bond donors (Lipinski definition) is 0. The Labute approximate surface area is 74.8 Å².